The van der Waals surface area contributed by atoms with Gasteiger partial charge in [-0.15, -0.1) is 5.10 Å². The van der Waals surface area contributed by atoms with Gasteiger partial charge < -0.3 is 4.90 Å². The lowest BCUT2D eigenvalue weighted by molar-refractivity contribution is 0.0652. The summed E-state index contributed by atoms with van der Waals surface area (Å²) in [5, 5.41) is 4.41. The van der Waals surface area contributed by atoms with E-state index in [-0.39, 0.29) is 5.91 Å². The number of hydrogen-bond donors (Lipinski definition) is 0. The molecular formula is C16H21N5O. The summed E-state index contributed by atoms with van der Waals surface area (Å²) in [6.07, 6.45) is 6.91. The maximum Gasteiger partial charge on any atom is 0.294 e. The molecule has 0 radical (unpaired) electrons. The number of hydrogen-bond acceptors (Lipinski definition) is 4. The second kappa shape index (κ2) is 5.04. The number of carbonyl (C=O) groups is 1. The molecule has 2 heterocycles. The van der Waals surface area contributed by atoms with Crippen LogP contribution >= 0.6 is 0 Å². The van der Waals surface area contributed by atoms with Gasteiger partial charge in [-0.25, -0.2) is 9.50 Å². The minimum atomic E-state index is -0.0167. The molecule has 0 N–H and O–H groups in total. The number of rotatable bonds is 3. The quantitative estimate of drug-likeness (QED) is 0.872. The summed E-state index contributed by atoms with van der Waals surface area (Å²) in [6.45, 7) is 3.89. The Kier molecular flexibility index (Phi) is 3.13. The number of fused-ring (bicyclic) bond motifs is 1. The Morgan fingerprint density at radius 1 is 1.14 bits per heavy atom. The summed E-state index contributed by atoms with van der Waals surface area (Å²) in [4.78, 5) is 23.8. The van der Waals surface area contributed by atoms with Gasteiger partial charge in [0.2, 0.25) is 5.82 Å². The first kappa shape index (κ1) is 13.7. The number of nitrogens with zero attached hydrogens (tertiary/aromatic N) is 5. The molecule has 6 heteroatoms. The summed E-state index contributed by atoms with van der Waals surface area (Å²) in [7, 11) is 0. The Hall–Kier alpha value is -1.98. The second-order valence-electron chi connectivity index (χ2n) is 6.57. The lowest BCUT2D eigenvalue weighted by Crippen LogP contribution is -2.41. The smallest absolute Gasteiger partial charge is 0.294 e. The predicted molar refractivity (Wildman–Crippen MR) is 81.7 cm³/mol. The second-order valence-corrected chi connectivity index (χ2v) is 6.57. The number of carbonyl (C=O) groups excluding carboxylic acids is 1. The van der Waals surface area contributed by atoms with Gasteiger partial charge in [-0.3, -0.25) is 4.79 Å². The lowest BCUT2D eigenvalue weighted by Gasteiger charge is -2.27. The third-order valence-electron chi connectivity index (χ3n) is 4.70. The van der Waals surface area contributed by atoms with E-state index >= 15 is 0 Å². The van der Waals surface area contributed by atoms with Gasteiger partial charge in [0.25, 0.3) is 11.7 Å². The third-order valence-corrected chi connectivity index (χ3v) is 4.70. The topological polar surface area (TPSA) is 63.4 Å². The Labute approximate surface area is 129 Å². The molecule has 0 unspecified atom stereocenters. The molecule has 0 atom stereocenters. The van der Waals surface area contributed by atoms with Gasteiger partial charge >= 0.3 is 0 Å². The van der Waals surface area contributed by atoms with Crippen molar-refractivity contribution in [2.24, 2.45) is 0 Å². The molecule has 2 fully saturated rings. The first-order valence-corrected chi connectivity index (χ1v) is 8.17. The van der Waals surface area contributed by atoms with Crippen LogP contribution in [0.3, 0.4) is 0 Å². The molecule has 2 aromatic heterocycles. The minimum Gasteiger partial charge on any atom is -0.330 e. The van der Waals surface area contributed by atoms with Crippen LogP contribution in [0.1, 0.15) is 60.5 Å². The normalized spacial score (nSPS) is 19.0. The molecule has 22 heavy (non-hydrogen) atoms. The molecule has 0 saturated heterocycles. The van der Waals surface area contributed by atoms with Crippen LogP contribution in [0.4, 0.5) is 0 Å². The number of aromatic nitrogens is 4. The first-order valence-electron chi connectivity index (χ1n) is 8.17. The molecule has 0 aromatic carbocycles. The highest BCUT2D eigenvalue weighted by molar-refractivity contribution is 5.91. The van der Waals surface area contributed by atoms with E-state index in [0.717, 1.165) is 37.1 Å². The number of amides is 1. The SMILES string of the molecule is Cc1cc(C)n2nc(C(=O)N(C3CCCC3)C3CC3)nc2n1. The van der Waals surface area contributed by atoms with E-state index in [4.69, 9.17) is 0 Å². The van der Waals surface area contributed by atoms with Crippen LogP contribution in [0.25, 0.3) is 5.78 Å². The summed E-state index contributed by atoms with van der Waals surface area (Å²) >= 11 is 0. The van der Waals surface area contributed by atoms with E-state index < -0.39 is 0 Å². The van der Waals surface area contributed by atoms with Crippen LogP contribution in [0, 0.1) is 13.8 Å². The van der Waals surface area contributed by atoms with Gasteiger partial charge in [-0.05, 0) is 45.6 Å². The fraction of sp³-hybridized carbons (Fsp3) is 0.625. The molecule has 0 spiro atoms. The van der Waals surface area contributed by atoms with E-state index in [2.05, 4.69) is 20.0 Å². The van der Waals surface area contributed by atoms with Gasteiger partial charge in [0.1, 0.15) is 0 Å². The summed E-state index contributed by atoms with van der Waals surface area (Å²) in [6, 6.07) is 2.73. The van der Waals surface area contributed by atoms with Crippen molar-refractivity contribution in [3.05, 3.63) is 23.3 Å². The Balaban J connectivity index is 1.70. The van der Waals surface area contributed by atoms with Gasteiger partial charge in [0.05, 0.1) is 0 Å². The van der Waals surface area contributed by atoms with Gasteiger partial charge in [-0.2, -0.15) is 4.98 Å². The lowest BCUT2D eigenvalue weighted by atomic mass is 10.2. The molecule has 2 aliphatic rings. The summed E-state index contributed by atoms with van der Waals surface area (Å²) in [5.41, 5.74) is 1.85. The van der Waals surface area contributed by atoms with Crippen LogP contribution in [0.5, 0.6) is 0 Å². The van der Waals surface area contributed by atoms with Crippen molar-refractivity contribution in [1.82, 2.24) is 24.5 Å². The van der Waals surface area contributed by atoms with Crippen LogP contribution in [-0.4, -0.2) is 42.5 Å². The van der Waals surface area contributed by atoms with Gasteiger partial charge in [0.15, 0.2) is 0 Å². The predicted octanol–water partition coefficient (Wildman–Crippen LogP) is 2.29. The van der Waals surface area contributed by atoms with Crippen molar-refractivity contribution in [2.75, 3.05) is 0 Å². The minimum absolute atomic E-state index is 0.0167. The van der Waals surface area contributed by atoms with E-state index in [1.807, 2.05) is 19.9 Å². The van der Waals surface area contributed by atoms with Crippen LogP contribution < -0.4 is 0 Å². The molecule has 4 rings (SSSR count). The standard InChI is InChI=1S/C16H21N5O/c1-10-9-11(2)21-16(17-10)18-14(19-21)15(22)20(13-7-8-13)12-5-3-4-6-12/h9,12-13H,3-8H2,1-2H3. The van der Waals surface area contributed by atoms with E-state index in [0.29, 0.717) is 23.7 Å². The molecular weight excluding hydrogens is 278 g/mol. The Morgan fingerprint density at radius 3 is 2.50 bits per heavy atom. The highest BCUT2D eigenvalue weighted by Gasteiger charge is 2.40. The molecule has 0 bridgehead atoms. The number of aryl methyl sites for hydroxylation is 2. The Bertz CT molecular complexity index is 727. The molecule has 1 amide bonds. The average Bonchev–Trinajstić information content (AvgIpc) is 3.00. The molecule has 2 aliphatic carbocycles. The first-order chi connectivity index (χ1) is 10.6. The average molecular weight is 299 g/mol. The zero-order valence-corrected chi connectivity index (χ0v) is 13.1. The zero-order valence-electron chi connectivity index (χ0n) is 13.1. The van der Waals surface area contributed by atoms with Crippen molar-refractivity contribution in [3.63, 3.8) is 0 Å². The van der Waals surface area contributed by atoms with E-state index in [1.54, 1.807) is 4.52 Å². The summed E-state index contributed by atoms with van der Waals surface area (Å²) in [5.74, 6) is 0.792. The fourth-order valence-corrected chi connectivity index (χ4v) is 3.54. The molecule has 2 aromatic rings. The highest BCUT2D eigenvalue weighted by atomic mass is 16.2. The Morgan fingerprint density at radius 2 is 1.82 bits per heavy atom. The molecule has 0 aliphatic heterocycles. The van der Waals surface area contributed by atoms with Crippen molar-refractivity contribution in [1.29, 1.82) is 0 Å². The van der Waals surface area contributed by atoms with Gasteiger partial charge in [0, 0.05) is 23.5 Å². The fourth-order valence-electron chi connectivity index (χ4n) is 3.54. The van der Waals surface area contributed by atoms with Crippen molar-refractivity contribution in [3.8, 4) is 0 Å². The van der Waals surface area contributed by atoms with E-state index in [1.165, 1.54) is 12.8 Å². The van der Waals surface area contributed by atoms with E-state index in [9.17, 15) is 4.79 Å². The third kappa shape index (κ3) is 2.26. The molecule has 6 nitrogen and oxygen atoms in total. The molecule has 2 saturated carbocycles. The maximum atomic E-state index is 12.9. The van der Waals surface area contributed by atoms with Gasteiger partial charge in [-0.1, -0.05) is 12.8 Å². The van der Waals surface area contributed by atoms with Crippen LogP contribution in [-0.2, 0) is 0 Å². The largest absolute Gasteiger partial charge is 0.330 e. The van der Waals surface area contributed by atoms with Crippen molar-refractivity contribution >= 4 is 11.7 Å². The molecule has 116 valence electrons. The zero-order chi connectivity index (χ0) is 15.3. The monoisotopic (exact) mass is 299 g/mol. The van der Waals surface area contributed by atoms with Crippen molar-refractivity contribution in [2.45, 2.75) is 64.5 Å². The van der Waals surface area contributed by atoms with Crippen LogP contribution in [0.15, 0.2) is 6.07 Å². The highest BCUT2D eigenvalue weighted by Crippen LogP contribution is 2.35. The summed E-state index contributed by atoms with van der Waals surface area (Å²) < 4.78 is 1.67. The van der Waals surface area contributed by atoms with Crippen molar-refractivity contribution < 1.29 is 4.79 Å². The van der Waals surface area contributed by atoms with Crippen LogP contribution in [0.2, 0.25) is 0 Å². The maximum absolute atomic E-state index is 12.9.